The molecule has 0 aromatic heterocycles. The van der Waals surface area contributed by atoms with Gasteiger partial charge in [0.25, 0.3) is 0 Å². The Morgan fingerprint density at radius 2 is 1.56 bits per heavy atom. The molecule has 0 spiro atoms. The highest BCUT2D eigenvalue weighted by molar-refractivity contribution is 5.53. The van der Waals surface area contributed by atoms with Crippen molar-refractivity contribution in [2.75, 3.05) is 5.32 Å². The van der Waals surface area contributed by atoms with Crippen LogP contribution >= 0.6 is 0 Å². The lowest BCUT2D eigenvalue weighted by molar-refractivity contribution is 1.12. The van der Waals surface area contributed by atoms with Gasteiger partial charge in [-0.1, -0.05) is 54.6 Å². The van der Waals surface area contributed by atoms with Gasteiger partial charge in [0.2, 0.25) is 0 Å². The summed E-state index contributed by atoms with van der Waals surface area (Å²) in [5.74, 6) is 0. The Hall–Kier alpha value is -2.53. The van der Waals surface area contributed by atoms with E-state index in [2.05, 4.69) is 11.4 Å². The minimum absolute atomic E-state index is 0.326. The first kappa shape index (κ1) is 11.9. The van der Waals surface area contributed by atoms with E-state index in [4.69, 9.17) is 5.26 Å². The molecule has 1 unspecified atom stereocenters. The van der Waals surface area contributed by atoms with Gasteiger partial charge in [0.15, 0.2) is 0 Å². The third kappa shape index (κ3) is 3.50. The van der Waals surface area contributed by atoms with Crippen molar-refractivity contribution in [1.82, 2.24) is 0 Å². The van der Waals surface area contributed by atoms with Crippen LogP contribution in [0.5, 0.6) is 0 Å². The Labute approximate surface area is 107 Å². The van der Waals surface area contributed by atoms with E-state index in [0.717, 1.165) is 11.3 Å². The first-order valence-electron chi connectivity index (χ1n) is 5.83. The van der Waals surface area contributed by atoms with E-state index in [1.807, 2.05) is 72.8 Å². The second-order valence-corrected chi connectivity index (χ2v) is 3.89. The van der Waals surface area contributed by atoms with Crippen LogP contribution in [0.3, 0.4) is 0 Å². The molecule has 1 N–H and O–H groups in total. The summed E-state index contributed by atoms with van der Waals surface area (Å²) in [5, 5.41) is 12.3. The smallest absolute Gasteiger partial charge is 0.133 e. The highest BCUT2D eigenvalue weighted by Crippen LogP contribution is 2.09. The number of nitrogens with zero attached hydrogens (tertiary/aromatic N) is 1. The predicted molar refractivity (Wildman–Crippen MR) is 74.9 cm³/mol. The number of hydrogen-bond donors (Lipinski definition) is 1. The molecule has 2 aromatic carbocycles. The molecule has 0 aliphatic carbocycles. The summed E-state index contributed by atoms with van der Waals surface area (Å²) in [6, 6.07) is 21.6. The number of anilines is 1. The molecule has 0 heterocycles. The van der Waals surface area contributed by atoms with Crippen molar-refractivity contribution in [1.29, 1.82) is 5.26 Å². The molecule has 2 heteroatoms. The number of rotatable bonds is 4. The standard InChI is InChI=1S/C16H14N2/c17-13-16(18-15-9-5-2-6-10-15)12-11-14-7-3-1-4-8-14/h1-12,16,18H. The SMILES string of the molecule is N#CC(C=Cc1ccccc1)Nc1ccccc1. The van der Waals surface area contributed by atoms with E-state index in [9.17, 15) is 0 Å². The van der Waals surface area contributed by atoms with Crippen molar-refractivity contribution >= 4 is 11.8 Å². The quantitative estimate of drug-likeness (QED) is 0.875. The molecule has 0 aliphatic rings. The van der Waals surface area contributed by atoms with Crippen LogP contribution in [0.25, 0.3) is 6.08 Å². The maximum Gasteiger partial charge on any atom is 0.133 e. The van der Waals surface area contributed by atoms with Crippen LogP contribution in [0.2, 0.25) is 0 Å². The molecule has 0 saturated heterocycles. The second kappa shape index (κ2) is 6.27. The minimum Gasteiger partial charge on any atom is -0.367 e. The Balaban J connectivity index is 2.03. The van der Waals surface area contributed by atoms with Crippen molar-refractivity contribution in [2.45, 2.75) is 6.04 Å². The molecule has 2 nitrogen and oxygen atoms in total. The fourth-order valence-corrected chi connectivity index (χ4v) is 1.61. The van der Waals surface area contributed by atoms with Gasteiger partial charge < -0.3 is 5.32 Å². The van der Waals surface area contributed by atoms with E-state index < -0.39 is 0 Å². The molecule has 18 heavy (non-hydrogen) atoms. The fourth-order valence-electron chi connectivity index (χ4n) is 1.61. The zero-order valence-electron chi connectivity index (χ0n) is 9.95. The lowest BCUT2D eigenvalue weighted by atomic mass is 10.1. The molecule has 0 amide bonds. The highest BCUT2D eigenvalue weighted by atomic mass is 14.9. The summed E-state index contributed by atoms with van der Waals surface area (Å²) < 4.78 is 0. The molecule has 1 atom stereocenters. The van der Waals surface area contributed by atoms with Crippen molar-refractivity contribution in [3.05, 3.63) is 72.3 Å². The van der Waals surface area contributed by atoms with Gasteiger partial charge >= 0.3 is 0 Å². The van der Waals surface area contributed by atoms with Crippen LogP contribution in [0.1, 0.15) is 5.56 Å². The zero-order valence-corrected chi connectivity index (χ0v) is 9.95. The summed E-state index contributed by atoms with van der Waals surface area (Å²) in [6.45, 7) is 0. The first-order chi connectivity index (χ1) is 8.88. The van der Waals surface area contributed by atoms with Gasteiger partial charge in [-0.3, -0.25) is 0 Å². The highest BCUT2D eigenvalue weighted by Gasteiger charge is 2.01. The van der Waals surface area contributed by atoms with Crippen LogP contribution in [0.4, 0.5) is 5.69 Å². The minimum atomic E-state index is -0.326. The van der Waals surface area contributed by atoms with Crippen LogP contribution in [-0.4, -0.2) is 6.04 Å². The molecule has 2 rings (SSSR count). The first-order valence-corrected chi connectivity index (χ1v) is 5.83. The molecular weight excluding hydrogens is 220 g/mol. The maximum atomic E-state index is 9.10. The van der Waals surface area contributed by atoms with Gasteiger partial charge in [-0.2, -0.15) is 5.26 Å². The largest absolute Gasteiger partial charge is 0.367 e. The van der Waals surface area contributed by atoms with E-state index in [1.165, 1.54) is 0 Å². The van der Waals surface area contributed by atoms with E-state index in [1.54, 1.807) is 0 Å². The van der Waals surface area contributed by atoms with Crippen molar-refractivity contribution in [3.8, 4) is 6.07 Å². The third-order valence-corrected chi connectivity index (χ3v) is 2.52. The van der Waals surface area contributed by atoms with Gasteiger partial charge in [0.05, 0.1) is 6.07 Å². The number of hydrogen-bond acceptors (Lipinski definition) is 2. The Bertz CT molecular complexity index is 538. The fraction of sp³-hybridized carbons (Fsp3) is 0.0625. The predicted octanol–water partition coefficient (Wildman–Crippen LogP) is 3.70. The molecule has 0 aliphatic heterocycles. The van der Waals surface area contributed by atoms with Crippen molar-refractivity contribution in [3.63, 3.8) is 0 Å². The van der Waals surface area contributed by atoms with E-state index in [-0.39, 0.29) is 6.04 Å². The van der Waals surface area contributed by atoms with Gasteiger partial charge in [0.1, 0.15) is 6.04 Å². The van der Waals surface area contributed by atoms with E-state index in [0.29, 0.717) is 0 Å². The maximum absolute atomic E-state index is 9.10. The van der Waals surface area contributed by atoms with Gasteiger partial charge in [-0.25, -0.2) is 0 Å². The van der Waals surface area contributed by atoms with Crippen LogP contribution in [-0.2, 0) is 0 Å². The number of benzene rings is 2. The zero-order chi connectivity index (χ0) is 12.6. The van der Waals surface area contributed by atoms with Crippen LogP contribution < -0.4 is 5.32 Å². The molecule has 0 bridgehead atoms. The lowest BCUT2D eigenvalue weighted by Crippen LogP contribution is -2.13. The molecule has 0 fully saturated rings. The van der Waals surface area contributed by atoms with E-state index >= 15 is 0 Å². The number of nitriles is 1. The summed E-state index contributed by atoms with van der Waals surface area (Å²) in [7, 11) is 0. The molecule has 0 saturated carbocycles. The van der Waals surface area contributed by atoms with Crippen LogP contribution in [0, 0.1) is 11.3 Å². The molecule has 2 aromatic rings. The summed E-state index contributed by atoms with van der Waals surface area (Å²) in [5.41, 5.74) is 2.04. The normalized spacial score (nSPS) is 11.9. The van der Waals surface area contributed by atoms with Crippen molar-refractivity contribution in [2.24, 2.45) is 0 Å². The average molecular weight is 234 g/mol. The summed E-state index contributed by atoms with van der Waals surface area (Å²) >= 11 is 0. The molecule has 0 radical (unpaired) electrons. The van der Waals surface area contributed by atoms with Crippen LogP contribution in [0.15, 0.2) is 66.7 Å². The Kier molecular flexibility index (Phi) is 4.16. The van der Waals surface area contributed by atoms with Crippen molar-refractivity contribution < 1.29 is 0 Å². The monoisotopic (exact) mass is 234 g/mol. The number of para-hydroxylation sites is 1. The summed E-state index contributed by atoms with van der Waals surface area (Å²) in [6.07, 6.45) is 3.81. The van der Waals surface area contributed by atoms with Gasteiger partial charge in [0, 0.05) is 5.69 Å². The lowest BCUT2D eigenvalue weighted by Gasteiger charge is -2.08. The topological polar surface area (TPSA) is 35.8 Å². The van der Waals surface area contributed by atoms with Gasteiger partial charge in [-0.15, -0.1) is 0 Å². The number of nitrogens with one attached hydrogen (secondary N) is 1. The molecular formula is C16H14N2. The second-order valence-electron chi connectivity index (χ2n) is 3.89. The Morgan fingerprint density at radius 1 is 0.944 bits per heavy atom. The third-order valence-electron chi connectivity index (χ3n) is 2.52. The molecule has 88 valence electrons. The average Bonchev–Trinajstić information content (AvgIpc) is 2.45. The summed E-state index contributed by atoms with van der Waals surface area (Å²) in [4.78, 5) is 0. The Morgan fingerprint density at radius 3 is 2.17 bits per heavy atom. The van der Waals surface area contributed by atoms with Gasteiger partial charge in [-0.05, 0) is 23.8 Å².